The first-order valence-corrected chi connectivity index (χ1v) is 12.9. The third-order valence-corrected chi connectivity index (χ3v) is 7.95. The van der Waals surface area contributed by atoms with Gasteiger partial charge in [0.2, 0.25) is 0 Å². The number of ether oxygens (including phenoxy) is 1. The van der Waals surface area contributed by atoms with Crippen LogP contribution in [0.4, 0.5) is 0 Å². The molecule has 4 unspecified atom stereocenters. The van der Waals surface area contributed by atoms with Crippen LogP contribution in [0.3, 0.4) is 0 Å². The van der Waals surface area contributed by atoms with Crippen LogP contribution in [-0.2, 0) is 20.1 Å². The number of hydrogen-bond acceptors (Lipinski definition) is 6. The maximum atomic E-state index is 5.67. The van der Waals surface area contributed by atoms with E-state index in [1.165, 1.54) is 25.1 Å². The third kappa shape index (κ3) is 4.61. The molecule has 0 aliphatic carbocycles. The molecule has 0 amide bonds. The van der Waals surface area contributed by atoms with Gasteiger partial charge in [-0.25, -0.2) is 0 Å². The zero-order valence-corrected chi connectivity index (χ0v) is 21.0. The molecule has 188 valence electrons. The first kappa shape index (κ1) is 23.1. The van der Waals surface area contributed by atoms with Gasteiger partial charge in [0.15, 0.2) is 0 Å². The van der Waals surface area contributed by atoms with Gasteiger partial charge in [0.05, 0.1) is 38.4 Å². The van der Waals surface area contributed by atoms with Crippen molar-refractivity contribution in [2.45, 2.75) is 37.9 Å². The predicted octanol–water partition coefficient (Wildman–Crippen LogP) is 5.16. The van der Waals surface area contributed by atoms with Gasteiger partial charge in [-0.3, -0.25) is 14.5 Å². The summed E-state index contributed by atoms with van der Waals surface area (Å²) < 4.78 is 19.0. The van der Waals surface area contributed by atoms with Crippen LogP contribution >= 0.6 is 0 Å². The molecule has 3 aliphatic heterocycles. The van der Waals surface area contributed by atoms with Crippen molar-refractivity contribution in [3.63, 3.8) is 0 Å². The standard InChI is InChI=1S/C29H34N4O3/c1-31-28(16-27(30-31)25-9-3-4-10-29(25)34-2)26-20-33-12-11-21(26)15-22(33)17-32(18-23-7-5-13-35-23)19-24-8-6-14-36-24/h3-10,13-14,16,21-22,26H,11-12,15,17-20H2,1-2H3. The zero-order valence-electron chi connectivity index (χ0n) is 21.0. The Hall–Kier alpha value is -3.29. The Labute approximate surface area is 212 Å². The number of aromatic nitrogens is 2. The van der Waals surface area contributed by atoms with Crippen molar-refractivity contribution >= 4 is 0 Å². The van der Waals surface area contributed by atoms with Crippen molar-refractivity contribution in [1.29, 1.82) is 0 Å². The molecular weight excluding hydrogens is 452 g/mol. The second-order valence-corrected chi connectivity index (χ2v) is 10.1. The minimum absolute atomic E-state index is 0.500. The van der Waals surface area contributed by atoms with Crippen molar-refractivity contribution < 1.29 is 13.6 Å². The molecule has 1 aromatic carbocycles. The number of furan rings is 2. The summed E-state index contributed by atoms with van der Waals surface area (Å²) in [4.78, 5) is 5.15. The van der Waals surface area contributed by atoms with Gasteiger partial charge in [-0.05, 0) is 67.8 Å². The number of piperidine rings is 3. The van der Waals surface area contributed by atoms with E-state index in [1.807, 2.05) is 30.3 Å². The third-order valence-electron chi connectivity index (χ3n) is 7.95. The van der Waals surface area contributed by atoms with E-state index in [1.54, 1.807) is 19.6 Å². The Morgan fingerprint density at radius 3 is 2.42 bits per heavy atom. The number of nitrogens with zero attached hydrogens (tertiary/aromatic N) is 4. The number of aryl methyl sites for hydroxylation is 1. The predicted molar refractivity (Wildman–Crippen MR) is 138 cm³/mol. The van der Waals surface area contributed by atoms with E-state index in [0.29, 0.717) is 17.9 Å². The molecule has 0 N–H and O–H groups in total. The van der Waals surface area contributed by atoms with Crippen LogP contribution in [-0.4, -0.2) is 52.4 Å². The largest absolute Gasteiger partial charge is 0.496 e. The van der Waals surface area contributed by atoms with Crippen LogP contribution in [0.2, 0.25) is 0 Å². The molecule has 6 heterocycles. The van der Waals surface area contributed by atoms with Crippen LogP contribution in [0.5, 0.6) is 5.75 Å². The average Bonchev–Trinajstić information content (AvgIpc) is 3.68. The number of para-hydroxylation sites is 1. The summed E-state index contributed by atoms with van der Waals surface area (Å²) >= 11 is 0. The molecule has 7 heteroatoms. The monoisotopic (exact) mass is 486 g/mol. The maximum Gasteiger partial charge on any atom is 0.128 e. The highest BCUT2D eigenvalue weighted by molar-refractivity contribution is 5.67. The molecule has 3 aliphatic rings. The molecule has 36 heavy (non-hydrogen) atoms. The van der Waals surface area contributed by atoms with Crippen LogP contribution in [0, 0.1) is 5.92 Å². The quantitative estimate of drug-likeness (QED) is 0.326. The van der Waals surface area contributed by atoms with Crippen LogP contribution in [0.25, 0.3) is 11.3 Å². The Morgan fingerprint density at radius 2 is 1.78 bits per heavy atom. The number of fused-ring (bicyclic) bond motifs is 3. The molecule has 2 bridgehead atoms. The van der Waals surface area contributed by atoms with Crippen LogP contribution in [0.15, 0.2) is 76.0 Å². The number of rotatable bonds is 9. The topological polar surface area (TPSA) is 59.8 Å². The normalized spacial score (nSPS) is 23.4. The van der Waals surface area contributed by atoms with Crippen molar-refractivity contribution in [2.24, 2.45) is 13.0 Å². The van der Waals surface area contributed by atoms with Crippen molar-refractivity contribution in [1.82, 2.24) is 19.6 Å². The fourth-order valence-corrected chi connectivity index (χ4v) is 6.21. The SMILES string of the molecule is COc1ccccc1-c1cc(C2CN3CCC2CC3CN(Cc2ccco2)Cc2ccco2)n(C)n1. The molecule has 4 atom stereocenters. The van der Waals surface area contributed by atoms with Crippen molar-refractivity contribution in [2.75, 3.05) is 26.7 Å². The molecule has 3 aromatic heterocycles. The van der Waals surface area contributed by atoms with E-state index in [2.05, 4.69) is 45.8 Å². The Morgan fingerprint density at radius 1 is 1.03 bits per heavy atom. The van der Waals surface area contributed by atoms with E-state index < -0.39 is 0 Å². The van der Waals surface area contributed by atoms with E-state index in [-0.39, 0.29) is 0 Å². The summed E-state index contributed by atoms with van der Waals surface area (Å²) in [6, 6.07) is 19.0. The fourth-order valence-electron chi connectivity index (χ4n) is 6.21. The number of hydrogen-bond donors (Lipinski definition) is 0. The second-order valence-electron chi connectivity index (χ2n) is 10.1. The van der Waals surface area contributed by atoms with Gasteiger partial charge in [-0.15, -0.1) is 0 Å². The van der Waals surface area contributed by atoms with Crippen LogP contribution in [0.1, 0.15) is 36.0 Å². The summed E-state index contributed by atoms with van der Waals surface area (Å²) in [6.45, 7) is 4.82. The lowest BCUT2D eigenvalue weighted by Gasteiger charge is -2.50. The molecule has 0 radical (unpaired) electrons. The van der Waals surface area contributed by atoms with Crippen LogP contribution < -0.4 is 4.74 Å². The number of benzene rings is 1. The van der Waals surface area contributed by atoms with E-state index in [9.17, 15) is 0 Å². The van der Waals surface area contributed by atoms with Crippen molar-refractivity contribution in [3.05, 3.63) is 84.3 Å². The highest BCUT2D eigenvalue weighted by Crippen LogP contribution is 2.43. The lowest BCUT2D eigenvalue weighted by molar-refractivity contribution is 0.00571. The molecule has 7 nitrogen and oxygen atoms in total. The Bertz CT molecular complexity index is 1230. The summed E-state index contributed by atoms with van der Waals surface area (Å²) in [7, 11) is 3.80. The highest BCUT2D eigenvalue weighted by atomic mass is 16.5. The first-order chi connectivity index (χ1) is 17.7. The average molecular weight is 487 g/mol. The van der Waals surface area contributed by atoms with Gasteiger partial charge in [0.1, 0.15) is 17.3 Å². The molecule has 3 saturated heterocycles. The fraction of sp³-hybridized carbons (Fsp3) is 0.414. The summed E-state index contributed by atoms with van der Waals surface area (Å²) in [5.41, 5.74) is 3.36. The summed E-state index contributed by atoms with van der Waals surface area (Å²) in [5.74, 6) is 4.02. The molecule has 3 fully saturated rings. The lowest BCUT2D eigenvalue weighted by atomic mass is 9.74. The number of methoxy groups -OCH3 is 1. The molecule has 7 rings (SSSR count). The highest BCUT2D eigenvalue weighted by Gasteiger charge is 2.42. The van der Waals surface area contributed by atoms with E-state index in [0.717, 1.165) is 54.7 Å². The second kappa shape index (κ2) is 9.99. The van der Waals surface area contributed by atoms with E-state index >= 15 is 0 Å². The molecule has 0 spiro atoms. The van der Waals surface area contributed by atoms with Gasteiger partial charge in [0.25, 0.3) is 0 Å². The Kier molecular flexibility index (Phi) is 6.42. The maximum absolute atomic E-state index is 5.67. The Balaban J connectivity index is 1.18. The molecular formula is C29H34N4O3. The lowest BCUT2D eigenvalue weighted by Crippen LogP contribution is -2.56. The minimum Gasteiger partial charge on any atom is -0.496 e. The van der Waals surface area contributed by atoms with Crippen molar-refractivity contribution in [3.8, 4) is 17.0 Å². The smallest absolute Gasteiger partial charge is 0.128 e. The summed E-state index contributed by atoms with van der Waals surface area (Å²) in [6.07, 6.45) is 5.95. The first-order valence-electron chi connectivity index (χ1n) is 12.9. The van der Waals surface area contributed by atoms with Gasteiger partial charge in [0, 0.05) is 43.4 Å². The van der Waals surface area contributed by atoms with Gasteiger partial charge >= 0.3 is 0 Å². The van der Waals surface area contributed by atoms with Gasteiger partial charge in [-0.2, -0.15) is 5.10 Å². The minimum atomic E-state index is 0.500. The zero-order chi connectivity index (χ0) is 24.5. The summed E-state index contributed by atoms with van der Waals surface area (Å²) in [5, 5.41) is 4.89. The van der Waals surface area contributed by atoms with Gasteiger partial charge in [-0.1, -0.05) is 12.1 Å². The molecule has 0 saturated carbocycles. The van der Waals surface area contributed by atoms with E-state index in [4.69, 9.17) is 18.7 Å². The molecule has 4 aromatic rings. The van der Waals surface area contributed by atoms with Gasteiger partial charge < -0.3 is 13.6 Å².